The van der Waals surface area contributed by atoms with E-state index in [1.807, 2.05) is 0 Å². The topological polar surface area (TPSA) is 94.4 Å². The molecule has 1 N–H and O–H groups in total. The SMILES string of the molecule is O=C(OCCCNc1ccc([N+](=O)[O-])cn1)c1cc(Cl)cc(Cl)c1. The Bertz CT molecular complexity index is 718. The van der Waals surface area contributed by atoms with Gasteiger partial charge in [0.2, 0.25) is 0 Å². The molecule has 0 aliphatic carbocycles. The Morgan fingerprint density at radius 3 is 2.54 bits per heavy atom. The number of esters is 1. The molecule has 9 heteroatoms. The number of carbonyl (C=O) groups excluding carboxylic acids is 1. The lowest BCUT2D eigenvalue weighted by atomic mass is 10.2. The number of ether oxygens (including phenoxy) is 1. The molecule has 0 spiro atoms. The maximum atomic E-state index is 11.8. The van der Waals surface area contributed by atoms with Gasteiger partial charge in [-0.1, -0.05) is 23.2 Å². The van der Waals surface area contributed by atoms with Crippen LogP contribution in [0.1, 0.15) is 16.8 Å². The summed E-state index contributed by atoms with van der Waals surface area (Å²) in [6, 6.07) is 7.36. The second-order valence-corrected chi connectivity index (χ2v) is 5.61. The first-order chi connectivity index (χ1) is 11.5. The smallest absolute Gasteiger partial charge is 0.338 e. The first-order valence-corrected chi connectivity index (χ1v) is 7.69. The molecule has 0 amide bonds. The molecule has 1 heterocycles. The minimum atomic E-state index is -0.516. The van der Waals surface area contributed by atoms with Gasteiger partial charge in [0, 0.05) is 22.7 Å². The van der Waals surface area contributed by atoms with E-state index in [-0.39, 0.29) is 17.9 Å². The van der Waals surface area contributed by atoms with E-state index in [1.54, 1.807) is 0 Å². The predicted octanol–water partition coefficient (Wildman–Crippen LogP) is 3.96. The van der Waals surface area contributed by atoms with Crippen LogP contribution in [0.4, 0.5) is 11.5 Å². The van der Waals surface area contributed by atoms with Crippen molar-refractivity contribution in [3.05, 3.63) is 62.3 Å². The lowest BCUT2D eigenvalue weighted by Gasteiger charge is -2.07. The van der Waals surface area contributed by atoms with Crippen LogP contribution < -0.4 is 5.32 Å². The van der Waals surface area contributed by atoms with Crippen molar-refractivity contribution < 1.29 is 14.5 Å². The zero-order valence-electron chi connectivity index (χ0n) is 12.4. The Hall–Kier alpha value is -2.38. The van der Waals surface area contributed by atoms with Crippen LogP contribution in [-0.2, 0) is 4.74 Å². The fourth-order valence-electron chi connectivity index (χ4n) is 1.81. The zero-order chi connectivity index (χ0) is 17.5. The Balaban J connectivity index is 1.72. The number of anilines is 1. The molecule has 0 aliphatic rings. The average molecular weight is 370 g/mol. The summed E-state index contributed by atoms with van der Waals surface area (Å²) >= 11 is 11.7. The lowest BCUT2D eigenvalue weighted by Crippen LogP contribution is -2.11. The summed E-state index contributed by atoms with van der Waals surface area (Å²) in [5.74, 6) is 0.00131. The standard InChI is InChI=1S/C15H13Cl2N3O4/c16-11-6-10(7-12(17)8-11)15(21)24-5-1-4-18-14-3-2-13(9-19-14)20(22)23/h2-3,6-9H,1,4-5H2,(H,18,19). The molecule has 0 fully saturated rings. The number of benzene rings is 1. The fraction of sp³-hybridized carbons (Fsp3) is 0.200. The molecule has 2 aromatic rings. The average Bonchev–Trinajstić information content (AvgIpc) is 2.54. The van der Waals surface area contributed by atoms with Crippen LogP contribution in [0.25, 0.3) is 0 Å². The molecular weight excluding hydrogens is 357 g/mol. The minimum Gasteiger partial charge on any atom is -0.462 e. The van der Waals surface area contributed by atoms with Gasteiger partial charge in [0.05, 0.1) is 17.1 Å². The highest BCUT2D eigenvalue weighted by molar-refractivity contribution is 6.35. The third kappa shape index (κ3) is 5.36. The van der Waals surface area contributed by atoms with Crippen molar-refractivity contribution >= 4 is 40.7 Å². The molecule has 0 bridgehead atoms. The highest BCUT2D eigenvalue weighted by Gasteiger charge is 2.09. The van der Waals surface area contributed by atoms with E-state index in [0.717, 1.165) is 0 Å². The third-order valence-electron chi connectivity index (χ3n) is 2.92. The van der Waals surface area contributed by atoms with E-state index in [2.05, 4.69) is 10.3 Å². The van der Waals surface area contributed by atoms with Gasteiger partial charge in [-0.05, 0) is 30.7 Å². The second kappa shape index (κ2) is 8.47. The van der Waals surface area contributed by atoms with Crippen molar-refractivity contribution in [3.8, 4) is 0 Å². The third-order valence-corrected chi connectivity index (χ3v) is 3.35. The zero-order valence-corrected chi connectivity index (χ0v) is 13.9. The summed E-state index contributed by atoms with van der Waals surface area (Å²) in [6.07, 6.45) is 1.71. The van der Waals surface area contributed by atoms with Crippen molar-refractivity contribution in [3.63, 3.8) is 0 Å². The van der Waals surface area contributed by atoms with Gasteiger partial charge in [0.15, 0.2) is 0 Å². The summed E-state index contributed by atoms with van der Waals surface area (Å²) in [7, 11) is 0. The van der Waals surface area contributed by atoms with E-state index in [9.17, 15) is 14.9 Å². The van der Waals surface area contributed by atoms with Gasteiger partial charge in [0.25, 0.3) is 5.69 Å². The van der Waals surface area contributed by atoms with Crippen LogP contribution in [0, 0.1) is 10.1 Å². The molecule has 126 valence electrons. The number of hydrogen-bond acceptors (Lipinski definition) is 6. The molecule has 0 unspecified atom stereocenters. The van der Waals surface area contributed by atoms with Gasteiger partial charge in [-0.25, -0.2) is 9.78 Å². The maximum absolute atomic E-state index is 11.8. The van der Waals surface area contributed by atoms with Gasteiger partial charge in [-0.15, -0.1) is 0 Å². The Morgan fingerprint density at radius 1 is 1.25 bits per heavy atom. The number of hydrogen-bond donors (Lipinski definition) is 1. The molecule has 0 saturated heterocycles. The summed E-state index contributed by atoms with van der Waals surface area (Å²) in [5.41, 5.74) is 0.215. The fourth-order valence-corrected chi connectivity index (χ4v) is 2.33. The number of rotatable bonds is 7. The monoisotopic (exact) mass is 369 g/mol. The molecule has 0 radical (unpaired) electrons. The second-order valence-electron chi connectivity index (χ2n) is 4.73. The molecule has 0 aliphatic heterocycles. The molecular formula is C15H13Cl2N3O4. The predicted molar refractivity (Wildman–Crippen MR) is 90.7 cm³/mol. The van der Waals surface area contributed by atoms with Gasteiger partial charge in [0.1, 0.15) is 12.0 Å². The molecule has 7 nitrogen and oxygen atoms in total. The molecule has 0 saturated carbocycles. The Kier molecular flexibility index (Phi) is 6.34. The largest absolute Gasteiger partial charge is 0.462 e. The first kappa shape index (κ1) is 18.0. The number of nitrogens with one attached hydrogen (secondary N) is 1. The van der Waals surface area contributed by atoms with E-state index >= 15 is 0 Å². The molecule has 2 rings (SSSR count). The highest BCUT2D eigenvalue weighted by Crippen LogP contribution is 2.19. The van der Waals surface area contributed by atoms with Crippen LogP contribution in [0.15, 0.2) is 36.5 Å². The van der Waals surface area contributed by atoms with E-state index in [1.165, 1.54) is 36.5 Å². The van der Waals surface area contributed by atoms with Crippen molar-refractivity contribution in [2.75, 3.05) is 18.5 Å². The van der Waals surface area contributed by atoms with Gasteiger partial charge in [-0.2, -0.15) is 0 Å². The number of halogens is 2. The quantitative estimate of drug-likeness (QED) is 0.343. The van der Waals surface area contributed by atoms with Gasteiger partial charge >= 0.3 is 5.97 Å². The minimum absolute atomic E-state index is 0.0744. The Morgan fingerprint density at radius 2 is 1.96 bits per heavy atom. The van der Waals surface area contributed by atoms with Crippen molar-refractivity contribution in [2.24, 2.45) is 0 Å². The molecule has 0 atom stereocenters. The normalized spacial score (nSPS) is 10.2. The first-order valence-electron chi connectivity index (χ1n) is 6.93. The van der Waals surface area contributed by atoms with Crippen LogP contribution >= 0.6 is 23.2 Å². The van der Waals surface area contributed by atoms with Crippen molar-refractivity contribution in [1.29, 1.82) is 0 Å². The molecule has 1 aromatic heterocycles. The van der Waals surface area contributed by atoms with E-state index < -0.39 is 10.9 Å². The summed E-state index contributed by atoms with van der Waals surface area (Å²) in [4.78, 5) is 25.8. The van der Waals surface area contributed by atoms with Crippen molar-refractivity contribution in [2.45, 2.75) is 6.42 Å². The van der Waals surface area contributed by atoms with Gasteiger partial charge in [-0.3, -0.25) is 10.1 Å². The summed E-state index contributed by atoms with van der Waals surface area (Å²) < 4.78 is 5.12. The number of carbonyl (C=O) groups is 1. The highest BCUT2D eigenvalue weighted by atomic mass is 35.5. The lowest BCUT2D eigenvalue weighted by molar-refractivity contribution is -0.385. The number of aromatic nitrogens is 1. The van der Waals surface area contributed by atoms with E-state index in [4.69, 9.17) is 27.9 Å². The summed E-state index contributed by atoms with van der Waals surface area (Å²) in [6.45, 7) is 0.692. The van der Waals surface area contributed by atoms with Crippen molar-refractivity contribution in [1.82, 2.24) is 4.98 Å². The maximum Gasteiger partial charge on any atom is 0.338 e. The Labute approximate surface area is 147 Å². The number of nitro groups is 1. The van der Waals surface area contributed by atoms with Gasteiger partial charge < -0.3 is 10.1 Å². The van der Waals surface area contributed by atoms with Crippen LogP contribution in [0.2, 0.25) is 10.0 Å². The van der Waals surface area contributed by atoms with Crippen LogP contribution in [0.3, 0.4) is 0 Å². The number of nitrogens with zero attached hydrogens (tertiary/aromatic N) is 2. The van der Waals surface area contributed by atoms with Crippen LogP contribution in [-0.4, -0.2) is 29.0 Å². The molecule has 1 aromatic carbocycles. The number of pyridine rings is 1. The van der Waals surface area contributed by atoms with Crippen LogP contribution in [0.5, 0.6) is 0 Å². The van der Waals surface area contributed by atoms with E-state index in [0.29, 0.717) is 28.8 Å². The molecule has 24 heavy (non-hydrogen) atoms. The summed E-state index contributed by atoms with van der Waals surface area (Å²) in [5, 5.41) is 14.2.